The van der Waals surface area contributed by atoms with Crippen LogP contribution in [0.5, 0.6) is 0 Å². The third-order valence-electron chi connectivity index (χ3n) is 9.68. The molecule has 0 unspecified atom stereocenters. The largest absolute Gasteiger partial charge is 0.454 e. The summed E-state index contributed by atoms with van der Waals surface area (Å²) in [7, 11) is 0. The molecule has 0 aliphatic rings. The summed E-state index contributed by atoms with van der Waals surface area (Å²) in [5.74, 6) is 0. The van der Waals surface area contributed by atoms with Gasteiger partial charge in [0.25, 0.3) is 0 Å². The van der Waals surface area contributed by atoms with Gasteiger partial charge in [-0.3, -0.25) is 0 Å². The molecule has 0 saturated heterocycles. The van der Waals surface area contributed by atoms with Gasteiger partial charge in [-0.25, -0.2) is 0 Å². The van der Waals surface area contributed by atoms with E-state index in [1.54, 1.807) is 0 Å². The Balaban J connectivity index is 1.12. The summed E-state index contributed by atoms with van der Waals surface area (Å²) in [4.78, 5) is 2.31. The molecule has 2 aromatic heterocycles. The van der Waals surface area contributed by atoms with E-state index < -0.39 is 0 Å². The molecule has 2 heterocycles. The highest BCUT2D eigenvalue weighted by molar-refractivity contribution is 7.27. The molecule has 2 nitrogen and oxygen atoms in total. The van der Waals surface area contributed by atoms with E-state index in [4.69, 9.17) is 4.42 Å². The molecule has 0 amide bonds. The maximum Gasteiger partial charge on any atom is 0.159 e. The summed E-state index contributed by atoms with van der Waals surface area (Å²) in [6.07, 6.45) is 0. The highest BCUT2D eigenvalue weighted by Crippen LogP contribution is 2.45. The first-order chi connectivity index (χ1) is 24.3. The molecule has 49 heavy (non-hydrogen) atoms. The molecule has 3 heteroatoms. The van der Waals surface area contributed by atoms with Crippen LogP contribution in [-0.4, -0.2) is 0 Å². The van der Waals surface area contributed by atoms with Crippen molar-refractivity contribution in [2.24, 2.45) is 0 Å². The Kier molecular flexibility index (Phi) is 6.39. The van der Waals surface area contributed by atoms with Gasteiger partial charge in [0.2, 0.25) is 0 Å². The number of fused-ring (bicyclic) bond motifs is 8. The molecule has 0 aliphatic carbocycles. The van der Waals surface area contributed by atoms with E-state index in [1.165, 1.54) is 53.2 Å². The molecule has 0 radical (unpaired) electrons. The van der Waals surface area contributed by atoms with Crippen LogP contribution in [0.1, 0.15) is 0 Å². The lowest BCUT2D eigenvalue weighted by Crippen LogP contribution is -2.10. The average Bonchev–Trinajstić information content (AvgIpc) is 3.75. The molecular formula is C46H29NOS. The predicted octanol–water partition coefficient (Wildman–Crippen LogP) is 13.9. The third-order valence-corrected chi connectivity index (χ3v) is 11.0. The molecule has 0 fully saturated rings. The Labute approximate surface area is 287 Å². The number of rotatable bonds is 5. The van der Waals surface area contributed by atoms with Gasteiger partial charge in [0.15, 0.2) is 5.58 Å². The Hall–Kier alpha value is -6.16. The molecule has 10 aromatic rings. The first-order valence-electron chi connectivity index (χ1n) is 16.6. The smallest absolute Gasteiger partial charge is 0.159 e. The zero-order chi connectivity index (χ0) is 32.3. The predicted molar refractivity (Wildman–Crippen MR) is 210 cm³/mol. The van der Waals surface area contributed by atoms with E-state index in [0.29, 0.717) is 0 Å². The monoisotopic (exact) mass is 643 g/mol. The fourth-order valence-corrected chi connectivity index (χ4v) is 8.68. The molecule has 230 valence electrons. The molecule has 8 aromatic carbocycles. The Morgan fingerprint density at radius 1 is 0.388 bits per heavy atom. The van der Waals surface area contributed by atoms with Gasteiger partial charge in [0.05, 0.1) is 5.69 Å². The SMILES string of the molecule is c1ccc(-c2ccc(N(c3ccc(-c4cccc5c4sc4c6ccccc6ccc54)cc3)c3cccc4c3oc3ccccc34)cc2)cc1. The minimum Gasteiger partial charge on any atom is -0.454 e. The quantitative estimate of drug-likeness (QED) is 0.186. The van der Waals surface area contributed by atoms with Gasteiger partial charge in [-0.1, -0.05) is 140 Å². The van der Waals surface area contributed by atoms with Crippen LogP contribution in [0.4, 0.5) is 17.1 Å². The normalized spacial score (nSPS) is 11.7. The fourth-order valence-electron chi connectivity index (χ4n) is 7.31. The fraction of sp³-hybridized carbons (Fsp3) is 0. The number of hydrogen-bond donors (Lipinski definition) is 0. The van der Waals surface area contributed by atoms with Gasteiger partial charge < -0.3 is 9.32 Å². The zero-order valence-corrected chi connectivity index (χ0v) is 27.3. The van der Waals surface area contributed by atoms with Crippen LogP contribution in [0, 0.1) is 0 Å². The highest BCUT2D eigenvalue weighted by atomic mass is 32.1. The van der Waals surface area contributed by atoms with Gasteiger partial charge in [-0.2, -0.15) is 0 Å². The van der Waals surface area contributed by atoms with Crippen molar-refractivity contribution >= 4 is 81.3 Å². The van der Waals surface area contributed by atoms with E-state index >= 15 is 0 Å². The molecule has 10 rings (SSSR count). The van der Waals surface area contributed by atoms with E-state index in [2.05, 4.69) is 169 Å². The maximum absolute atomic E-state index is 6.56. The first kappa shape index (κ1) is 27.9. The van der Waals surface area contributed by atoms with Gasteiger partial charge in [0, 0.05) is 42.3 Å². The number of thiophene rings is 1. The summed E-state index contributed by atoms with van der Waals surface area (Å²) < 4.78 is 9.23. The van der Waals surface area contributed by atoms with Crippen molar-refractivity contribution in [1.82, 2.24) is 0 Å². The summed E-state index contributed by atoms with van der Waals surface area (Å²) in [6.45, 7) is 0. The lowest BCUT2D eigenvalue weighted by atomic mass is 10.0. The standard InChI is InChI=1S/C46H29NOS/c1-2-10-30(11-3-1)31-20-25-34(26-21-31)47(42-18-9-16-39-38-14-6-7-19-43(38)48-44(39)42)35-27-22-33(23-28-35)37-15-8-17-40-41-29-24-32-12-4-5-13-36(32)46(41)49-45(37)40/h1-29H. The van der Waals surface area contributed by atoms with Crippen LogP contribution < -0.4 is 4.90 Å². The Morgan fingerprint density at radius 3 is 1.82 bits per heavy atom. The van der Waals surface area contributed by atoms with Crippen LogP contribution in [0.3, 0.4) is 0 Å². The van der Waals surface area contributed by atoms with Crippen molar-refractivity contribution in [2.45, 2.75) is 0 Å². The molecule has 0 aliphatic heterocycles. The number of para-hydroxylation sites is 2. The van der Waals surface area contributed by atoms with E-state index in [9.17, 15) is 0 Å². The van der Waals surface area contributed by atoms with Crippen LogP contribution in [0.25, 0.3) is 75.1 Å². The summed E-state index contributed by atoms with van der Waals surface area (Å²) >= 11 is 1.90. The minimum absolute atomic E-state index is 0.877. The van der Waals surface area contributed by atoms with Crippen molar-refractivity contribution in [1.29, 1.82) is 0 Å². The van der Waals surface area contributed by atoms with Gasteiger partial charge in [-0.15, -0.1) is 11.3 Å². The highest BCUT2D eigenvalue weighted by Gasteiger charge is 2.20. The lowest BCUT2D eigenvalue weighted by molar-refractivity contribution is 0.669. The van der Waals surface area contributed by atoms with E-state index in [-0.39, 0.29) is 0 Å². The summed E-state index contributed by atoms with van der Waals surface area (Å²) in [5.41, 5.74) is 9.76. The van der Waals surface area contributed by atoms with Crippen molar-refractivity contribution in [3.63, 3.8) is 0 Å². The van der Waals surface area contributed by atoms with Crippen LogP contribution >= 0.6 is 11.3 Å². The second-order valence-corrected chi connectivity index (χ2v) is 13.5. The first-order valence-corrected chi connectivity index (χ1v) is 17.4. The van der Waals surface area contributed by atoms with Crippen LogP contribution in [0.2, 0.25) is 0 Å². The maximum atomic E-state index is 6.56. The average molecular weight is 644 g/mol. The summed E-state index contributed by atoms with van der Waals surface area (Å²) in [6, 6.07) is 63.0. The second-order valence-electron chi connectivity index (χ2n) is 12.5. The molecule has 0 saturated carbocycles. The van der Waals surface area contributed by atoms with Crippen molar-refractivity contribution in [2.75, 3.05) is 4.90 Å². The topological polar surface area (TPSA) is 16.4 Å². The number of anilines is 3. The number of hydrogen-bond acceptors (Lipinski definition) is 3. The Bertz CT molecular complexity index is 2810. The zero-order valence-electron chi connectivity index (χ0n) is 26.5. The minimum atomic E-state index is 0.877. The molecule has 0 spiro atoms. The summed E-state index contributed by atoms with van der Waals surface area (Å²) in [5, 5.41) is 7.46. The molecular weight excluding hydrogens is 615 g/mol. The Morgan fingerprint density at radius 2 is 1.00 bits per heavy atom. The van der Waals surface area contributed by atoms with Crippen molar-refractivity contribution < 1.29 is 4.42 Å². The van der Waals surface area contributed by atoms with E-state index in [1.807, 2.05) is 23.5 Å². The number of furan rings is 1. The van der Waals surface area contributed by atoms with Gasteiger partial charge in [-0.05, 0) is 69.4 Å². The van der Waals surface area contributed by atoms with E-state index in [0.717, 1.165) is 39.0 Å². The van der Waals surface area contributed by atoms with Crippen LogP contribution in [0.15, 0.2) is 180 Å². The lowest BCUT2D eigenvalue weighted by Gasteiger charge is -2.26. The molecule has 0 bridgehead atoms. The number of benzene rings is 8. The second kappa shape index (κ2) is 11.2. The van der Waals surface area contributed by atoms with Gasteiger partial charge in [0.1, 0.15) is 5.58 Å². The molecule has 0 N–H and O–H groups in total. The number of nitrogens with zero attached hydrogens (tertiary/aromatic N) is 1. The molecule has 0 atom stereocenters. The van der Waals surface area contributed by atoms with Gasteiger partial charge >= 0.3 is 0 Å². The van der Waals surface area contributed by atoms with Crippen molar-refractivity contribution in [3.05, 3.63) is 176 Å². The van der Waals surface area contributed by atoms with Crippen molar-refractivity contribution in [3.8, 4) is 22.3 Å². The van der Waals surface area contributed by atoms with Crippen LogP contribution in [-0.2, 0) is 0 Å². The third kappa shape index (κ3) is 4.55.